The van der Waals surface area contributed by atoms with Gasteiger partial charge in [-0.05, 0) is 25.3 Å². The van der Waals surface area contributed by atoms with E-state index in [-0.39, 0.29) is 10.3 Å². The lowest BCUT2D eigenvalue weighted by Gasteiger charge is -2.39. The molecule has 0 saturated carbocycles. The van der Waals surface area contributed by atoms with Gasteiger partial charge in [-0.15, -0.1) is 0 Å². The lowest BCUT2D eigenvalue weighted by molar-refractivity contribution is 0.235. The summed E-state index contributed by atoms with van der Waals surface area (Å²) in [6.45, 7) is 5.07. The second-order valence-electron chi connectivity index (χ2n) is 5.86. The molecule has 3 rings (SSSR count). The fourth-order valence-corrected chi connectivity index (χ4v) is 4.60. The van der Waals surface area contributed by atoms with Crippen LogP contribution in [0.25, 0.3) is 0 Å². The molecule has 0 amide bonds. The van der Waals surface area contributed by atoms with Crippen LogP contribution in [-0.4, -0.2) is 46.2 Å². The zero-order chi connectivity index (χ0) is 15.1. The number of nitrogens with one attached hydrogen (secondary N) is 2. The third-order valence-electron chi connectivity index (χ3n) is 4.20. The number of aryl methyl sites for hydroxylation is 1. The van der Waals surface area contributed by atoms with E-state index >= 15 is 0 Å². The van der Waals surface area contributed by atoms with Crippen molar-refractivity contribution in [3.63, 3.8) is 0 Å². The normalized spacial score (nSPS) is 24.3. The van der Waals surface area contributed by atoms with E-state index in [1.165, 1.54) is 12.4 Å². The van der Waals surface area contributed by atoms with Gasteiger partial charge in [0.15, 0.2) is 0 Å². The Morgan fingerprint density at radius 2 is 2.14 bits per heavy atom. The first-order valence-corrected chi connectivity index (χ1v) is 8.37. The summed E-state index contributed by atoms with van der Waals surface area (Å²) in [6.07, 6.45) is 6.31. The topological polar surface area (TPSA) is 94.7 Å². The Balaban J connectivity index is 1.92. The molecule has 0 aliphatic carbocycles. The molecule has 7 nitrogen and oxygen atoms in total. The van der Waals surface area contributed by atoms with Crippen LogP contribution in [0, 0.1) is 6.92 Å². The van der Waals surface area contributed by atoms with E-state index < -0.39 is 10.0 Å². The molecule has 0 radical (unpaired) electrons. The molecule has 2 N–H and O–H groups in total. The first kappa shape index (κ1) is 14.3. The van der Waals surface area contributed by atoms with Crippen LogP contribution in [0.2, 0.25) is 0 Å². The summed E-state index contributed by atoms with van der Waals surface area (Å²) in [4.78, 5) is 0.216. The lowest BCUT2D eigenvalue weighted by atomic mass is 9.78. The Labute approximate surface area is 123 Å². The number of rotatable bonds is 3. The van der Waals surface area contributed by atoms with Gasteiger partial charge >= 0.3 is 0 Å². The quantitative estimate of drug-likeness (QED) is 0.890. The summed E-state index contributed by atoms with van der Waals surface area (Å²) in [5.74, 6) is 0. The minimum absolute atomic E-state index is 0.216. The predicted octanol–water partition coefficient (Wildman–Crippen LogP) is 1.18. The molecule has 0 unspecified atom stereocenters. The Kier molecular flexibility index (Phi) is 3.37. The van der Waals surface area contributed by atoms with Gasteiger partial charge in [-0.25, -0.2) is 8.42 Å². The van der Waals surface area contributed by atoms with Crippen LogP contribution in [0.4, 0.5) is 0 Å². The van der Waals surface area contributed by atoms with Crippen molar-refractivity contribution in [2.75, 3.05) is 13.1 Å². The average Bonchev–Trinajstić information content (AvgIpc) is 3.09. The third kappa shape index (κ3) is 2.38. The number of hydrogen-bond donors (Lipinski definition) is 2. The standard InChI is InChI=1S/C13H19N5O2S/c1-10-6-16-17-12(10)13(2)4-3-5-18(9-13)21(19,20)11-7-14-15-8-11/h6-8H,3-5,9H2,1-2H3,(H,14,15)(H,16,17)/t13-/m1/s1. The minimum Gasteiger partial charge on any atom is -0.284 e. The van der Waals surface area contributed by atoms with Gasteiger partial charge in [-0.3, -0.25) is 10.2 Å². The molecule has 2 aromatic rings. The van der Waals surface area contributed by atoms with Crippen molar-refractivity contribution in [3.8, 4) is 0 Å². The first-order valence-electron chi connectivity index (χ1n) is 6.93. The van der Waals surface area contributed by atoms with E-state index in [0.29, 0.717) is 13.1 Å². The Hall–Kier alpha value is -1.67. The van der Waals surface area contributed by atoms with Gasteiger partial charge in [0.1, 0.15) is 4.90 Å². The molecule has 0 aromatic carbocycles. The molecular weight excluding hydrogens is 290 g/mol. The second-order valence-corrected chi connectivity index (χ2v) is 7.80. The van der Waals surface area contributed by atoms with Crippen LogP contribution in [0.1, 0.15) is 31.0 Å². The molecule has 21 heavy (non-hydrogen) atoms. The largest absolute Gasteiger partial charge is 0.284 e. The van der Waals surface area contributed by atoms with Crippen LogP contribution in [0.15, 0.2) is 23.5 Å². The monoisotopic (exact) mass is 309 g/mol. The van der Waals surface area contributed by atoms with Gasteiger partial charge in [-0.2, -0.15) is 14.5 Å². The molecule has 1 aliphatic rings. The van der Waals surface area contributed by atoms with E-state index in [2.05, 4.69) is 27.3 Å². The second kappa shape index (κ2) is 4.96. The maximum atomic E-state index is 12.6. The summed E-state index contributed by atoms with van der Waals surface area (Å²) in [6, 6.07) is 0. The molecule has 1 fully saturated rings. The highest BCUT2D eigenvalue weighted by Crippen LogP contribution is 2.36. The van der Waals surface area contributed by atoms with E-state index in [1.807, 2.05) is 6.92 Å². The van der Waals surface area contributed by atoms with Crippen molar-refractivity contribution in [1.29, 1.82) is 0 Å². The summed E-state index contributed by atoms with van der Waals surface area (Å²) in [5, 5.41) is 13.4. The van der Waals surface area contributed by atoms with Crippen molar-refractivity contribution in [2.45, 2.75) is 37.0 Å². The summed E-state index contributed by atoms with van der Waals surface area (Å²) in [7, 11) is -3.49. The lowest BCUT2D eigenvalue weighted by Crippen LogP contribution is -2.47. The van der Waals surface area contributed by atoms with Crippen LogP contribution in [0.5, 0.6) is 0 Å². The van der Waals surface area contributed by atoms with Crippen molar-refractivity contribution in [3.05, 3.63) is 29.8 Å². The number of aromatic nitrogens is 4. The molecule has 114 valence electrons. The van der Waals surface area contributed by atoms with Crippen molar-refractivity contribution in [1.82, 2.24) is 24.7 Å². The summed E-state index contributed by atoms with van der Waals surface area (Å²) < 4.78 is 26.8. The summed E-state index contributed by atoms with van der Waals surface area (Å²) >= 11 is 0. The van der Waals surface area contributed by atoms with Crippen molar-refractivity contribution in [2.24, 2.45) is 0 Å². The fourth-order valence-electron chi connectivity index (χ4n) is 3.09. The zero-order valence-electron chi connectivity index (χ0n) is 12.1. The third-order valence-corrected chi connectivity index (χ3v) is 6.02. The van der Waals surface area contributed by atoms with Crippen molar-refractivity contribution >= 4 is 10.0 Å². The minimum atomic E-state index is -3.49. The highest BCUT2D eigenvalue weighted by molar-refractivity contribution is 7.89. The van der Waals surface area contributed by atoms with Gasteiger partial charge < -0.3 is 0 Å². The smallest absolute Gasteiger partial charge is 0.246 e. The van der Waals surface area contributed by atoms with E-state index in [4.69, 9.17) is 0 Å². The van der Waals surface area contributed by atoms with E-state index in [0.717, 1.165) is 24.1 Å². The number of hydrogen-bond acceptors (Lipinski definition) is 4. The van der Waals surface area contributed by atoms with Crippen LogP contribution >= 0.6 is 0 Å². The van der Waals surface area contributed by atoms with Gasteiger partial charge in [0.2, 0.25) is 10.0 Å². The number of nitrogens with zero attached hydrogens (tertiary/aromatic N) is 3. The number of piperidine rings is 1. The Bertz CT molecular complexity index is 722. The highest BCUT2D eigenvalue weighted by atomic mass is 32.2. The van der Waals surface area contributed by atoms with Crippen molar-refractivity contribution < 1.29 is 8.42 Å². The van der Waals surface area contributed by atoms with Gasteiger partial charge in [0, 0.05) is 30.4 Å². The van der Waals surface area contributed by atoms with Gasteiger partial charge in [0.05, 0.1) is 12.4 Å². The Morgan fingerprint density at radius 3 is 2.76 bits per heavy atom. The Morgan fingerprint density at radius 1 is 1.33 bits per heavy atom. The molecule has 1 saturated heterocycles. The fraction of sp³-hybridized carbons (Fsp3) is 0.538. The highest BCUT2D eigenvalue weighted by Gasteiger charge is 2.40. The predicted molar refractivity (Wildman–Crippen MR) is 77.3 cm³/mol. The maximum Gasteiger partial charge on any atom is 0.246 e. The maximum absolute atomic E-state index is 12.6. The zero-order valence-corrected chi connectivity index (χ0v) is 12.9. The van der Waals surface area contributed by atoms with Crippen LogP contribution in [0.3, 0.4) is 0 Å². The molecule has 3 heterocycles. The number of sulfonamides is 1. The molecule has 0 spiro atoms. The number of H-pyrrole nitrogens is 2. The van der Waals surface area contributed by atoms with E-state index in [9.17, 15) is 8.42 Å². The molecule has 2 aromatic heterocycles. The molecular formula is C13H19N5O2S. The summed E-state index contributed by atoms with van der Waals surface area (Å²) in [5.41, 5.74) is 1.85. The van der Waals surface area contributed by atoms with E-state index in [1.54, 1.807) is 10.5 Å². The molecule has 0 bridgehead atoms. The number of aromatic amines is 2. The SMILES string of the molecule is Cc1cn[nH]c1[C@]1(C)CCCN(S(=O)(=O)c2cn[nH]c2)C1. The average molecular weight is 309 g/mol. The molecule has 1 aliphatic heterocycles. The van der Waals surface area contributed by atoms with Crippen LogP contribution < -0.4 is 0 Å². The molecule has 1 atom stereocenters. The van der Waals surface area contributed by atoms with Gasteiger partial charge in [-0.1, -0.05) is 6.92 Å². The molecule has 8 heteroatoms. The van der Waals surface area contributed by atoms with Gasteiger partial charge in [0.25, 0.3) is 0 Å². The first-order chi connectivity index (χ1) is 9.93. The van der Waals surface area contributed by atoms with Crippen LogP contribution in [-0.2, 0) is 15.4 Å².